The van der Waals surface area contributed by atoms with Gasteiger partial charge in [0.05, 0.1) is 18.4 Å². The number of methoxy groups -OCH3 is 1. The van der Waals surface area contributed by atoms with Gasteiger partial charge in [0.25, 0.3) is 0 Å². The number of aromatic nitrogens is 1. The van der Waals surface area contributed by atoms with Gasteiger partial charge in [0, 0.05) is 18.3 Å². The van der Waals surface area contributed by atoms with E-state index < -0.39 is 0 Å². The Morgan fingerprint density at radius 3 is 2.76 bits per heavy atom. The molecule has 1 aliphatic heterocycles. The van der Waals surface area contributed by atoms with Crippen molar-refractivity contribution in [3.63, 3.8) is 0 Å². The van der Waals surface area contributed by atoms with E-state index in [-0.39, 0.29) is 18.4 Å². The lowest BCUT2D eigenvalue weighted by Gasteiger charge is -2.21. The summed E-state index contributed by atoms with van der Waals surface area (Å²) in [6.45, 7) is 1.62. The fourth-order valence-electron chi connectivity index (χ4n) is 2.60. The number of fused-ring (bicyclic) bond motifs is 1. The minimum Gasteiger partial charge on any atom is -0.465 e. The highest BCUT2D eigenvalue weighted by atomic mass is 35.5. The maximum absolute atomic E-state index is 12.2. The first-order valence-corrected chi connectivity index (χ1v) is 6.66. The predicted octanol–water partition coefficient (Wildman–Crippen LogP) is 2.60. The Morgan fingerprint density at radius 1 is 1.29 bits per heavy atom. The van der Waals surface area contributed by atoms with Gasteiger partial charge in [-0.25, -0.2) is 4.79 Å². The van der Waals surface area contributed by atoms with E-state index >= 15 is 0 Å². The smallest absolute Gasteiger partial charge is 0.340 e. The SMILES string of the molecule is COC(=O)c1c(-c2ccccc2)ncc2c1CCNC2.Cl. The lowest BCUT2D eigenvalue weighted by atomic mass is 9.93. The summed E-state index contributed by atoms with van der Waals surface area (Å²) in [6, 6.07) is 9.76. The molecule has 0 atom stereocenters. The molecule has 0 unspecified atom stereocenters. The molecule has 2 heterocycles. The summed E-state index contributed by atoms with van der Waals surface area (Å²) in [5, 5.41) is 3.29. The van der Waals surface area contributed by atoms with Crippen LogP contribution in [0.5, 0.6) is 0 Å². The van der Waals surface area contributed by atoms with Gasteiger partial charge >= 0.3 is 5.97 Å². The zero-order valence-electron chi connectivity index (χ0n) is 11.8. The standard InChI is InChI=1S/C16H16N2O2.ClH/c1-20-16(19)14-13-7-8-17-9-12(13)10-18-15(14)11-5-3-2-4-6-11;/h2-6,10,17H,7-9H2,1H3;1H. The minimum absolute atomic E-state index is 0. The number of hydrogen-bond acceptors (Lipinski definition) is 4. The Morgan fingerprint density at radius 2 is 2.05 bits per heavy atom. The summed E-state index contributed by atoms with van der Waals surface area (Å²) < 4.78 is 4.97. The number of esters is 1. The number of nitrogens with one attached hydrogen (secondary N) is 1. The number of rotatable bonds is 2. The summed E-state index contributed by atoms with van der Waals surface area (Å²) in [5.41, 5.74) is 4.39. The lowest BCUT2D eigenvalue weighted by molar-refractivity contribution is 0.0599. The molecule has 0 amide bonds. The fraction of sp³-hybridized carbons (Fsp3) is 0.250. The first-order valence-electron chi connectivity index (χ1n) is 6.66. The van der Waals surface area contributed by atoms with Crippen molar-refractivity contribution in [1.82, 2.24) is 10.3 Å². The molecule has 0 spiro atoms. The van der Waals surface area contributed by atoms with Gasteiger partial charge in [0.15, 0.2) is 0 Å². The topological polar surface area (TPSA) is 51.2 Å². The predicted molar refractivity (Wildman–Crippen MR) is 83.7 cm³/mol. The molecule has 21 heavy (non-hydrogen) atoms. The molecule has 0 fully saturated rings. The minimum atomic E-state index is -0.310. The van der Waals surface area contributed by atoms with Gasteiger partial charge in [-0.1, -0.05) is 30.3 Å². The summed E-state index contributed by atoms with van der Waals surface area (Å²) in [6.07, 6.45) is 2.68. The number of carbonyl (C=O) groups excluding carboxylic acids is 1. The average Bonchev–Trinajstić information content (AvgIpc) is 2.54. The van der Waals surface area contributed by atoms with Crippen molar-refractivity contribution in [2.45, 2.75) is 13.0 Å². The molecular formula is C16H17ClN2O2. The molecule has 1 N–H and O–H groups in total. The average molecular weight is 305 g/mol. The van der Waals surface area contributed by atoms with Gasteiger partial charge < -0.3 is 10.1 Å². The van der Waals surface area contributed by atoms with Crippen LogP contribution in [0.3, 0.4) is 0 Å². The number of halogens is 1. The third-order valence-electron chi connectivity index (χ3n) is 3.58. The summed E-state index contributed by atoms with van der Waals surface area (Å²) in [7, 11) is 1.41. The number of carbonyl (C=O) groups is 1. The molecule has 0 bridgehead atoms. The van der Waals surface area contributed by atoms with Crippen molar-refractivity contribution in [2.24, 2.45) is 0 Å². The van der Waals surface area contributed by atoms with Gasteiger partial charge in [-0.05, 0) is 24.1 Å². The van der Waals surface area contributed by atoms with E-state index in [1.807, 2.05) is 36.5 Å². The summed E-state index contributed by atoms with van der Waals surface area (Å²) in [4.78, 5) is 16.7. The van der Waals surface area contributed by atoms with Crippen LogP contribution < -0.4 is 5.32 Å². The molecule has 4 nitrogen and oxygen atoms in total. The maximum Gasteiger partial charge on any atom is 0.340 e. The summed E-state index contributed by atoms with van der Waals surface area (Å²) >= 11 is 0. The van der Waals surface area contributed by atoms with E-state index in [0.29, 0.717) is 11.3 Å². The fourth-order valence-corrected chi connectivity index (χ4v) is 2.60. The Labute approximate surface area is 130 Å². The Hall–Kier alpha value is -1.91. The second-order valence-electron chi connectivity index (χ2n) is 4.77. The maximum atomic E-state index is 12.2. The van der Waals surface area contributed by atoms with Crippen molar-refractivity contribution in [2.75, 3.05) is 13.7 Å². The highest BCUT2D eigenvalue weighted by molar-refractivity contribution is 5.98. The molecule has 1 aliphatic rings. The van der Waals surface area contributed by atoms with Gasteiger partial charge in [-0.15, -0.1) is 12.4 Å². The van der Waals surface area contributed by atoms with Crippen molar-refractivity contribution in [1.29, 1.82) is 0 Å². The van der Waals surface area contributed by atoms with Crippen molar-refractivity contribution < 1.29 is 9.53 Å². The van der Waals surface area contributed by atoms with Gasteiger partial charge in [0.1, 0.15) is 0 Å². The zero-order chi connectivity index (χ0) is 13.9. The molecule has 0 aliphatic carbocycles. The zero-order valence-corrected chi connectivity index (χ0v) is 12.6. The highest BCUT2D eigenvalue weighted by Gasteiger charge is 2.23. The molecule has 0 saturated heterocycles. The van der Waals surface area contributed by atoms with Crippen LogP contribution in [-0.4, -0.2) is 24.6 Å². The monoisotopic (exact) mass is 304 g/mol. The third-order valence-corrected chi connectivity index (χ3v) is 3.58. The number of hydrogen-bond donors (Lipinski definition) is 1. The summed E-state index contributed by atoms with van der Waals surface area (Å²) in [5.74, 6) is -0.310. The molecule has 1 aromatic carbocycles. The van der Waals surface area contributed by atoms with E-state index in [9.17, 15) is 4.79 Å². The van der Waals surface area contributed by atoms with Crippen LogP contribution in [0, 0.1) is 0 Å². The van der Waals surface area contributed by atoms with Gasteiger partial charge in [-0.3, -0.25) is 4.98 Å². The number of benzene rings is 1. The van der Waals surface area contributed by atoms with Crippen molar-refractivity contribution in [3.05, 3.63) is 53.2 Å². The van der Waals surface area contributed by atoms with Crippen LogP contribution in [0.4, 0.5) is 0 Å². The molecular weight excluding hydrogens is 288 g/mol. The Kier molecular flexibility index (Phi) is 4.94. The molecule has 3 rings (SSSR count). The number of pyridine rings is 1. The number of ether oxygens (including phenoxy) is 1. The first kappa shape index (κ1) is 15.5. The quantitative estimate of drug-likeness (QED) is 0.867. The van der Waals surface area contributed by atoms with E-state index in [4.69, 9.17) is 4.74 Å². The van der Waals surface area contributed by atoms with Crippen LogP contribution in [0.25, 0.3) is 11.3 Å². The van der Waals surface area contributed by atoms with Crippen LogP contribution in [-0.2, 0) is 17.7 Å². The molecule has 0 radical (unpaired) electrons. The first-order chi connectivity index (χ1) is 9.81. The molecule has 5 heteroatoms. The second kappa shape index (κ2) is 6.70. The number of nitrogens with zero attached hydrogens (tertiary/aromatic N) is 1. The van der Waals surface area contributed by atoms with E-state index in [1.54, 1.807) is 0 Å². The molecule has 2 aromatic rings. The molecule has 0 saturated carbocycles. The van der Waals surface area contributed by atoms with Crippen molar-refractivity contribution in [3.8, 4) is 11.3 Å². The van der Waals surface area contributed by atoms with E-state index in [0.717, 1.165) is 36.2 Å². The second-order valence-corrected chi connectivity index (χ2v) is 4.77. The normalized spacial score (nSPS) is 13.0. The Bertz CT molecular complexity index is 644. The van der Waals surface area contributed by atoms with Crippen LogP contribution in [0.2, 0.25) is 0 Å². The largest absolute Gasteiger partial charge is 0.465 e. The highest BCUT2D eigenvalue weighted by Crippen LogP contribution is 2.28. The Balaban J connectivity index is 0.00000161. The van der Waals surface area contributed by atoms with Crippen LogP contribution in [0.1, 0.15) is 21.5 Å². The van der Waals surface area contributed by atoms with E-state index in [1.165, 1.54) is 7.11 Å². The van der Waals surface area contributed by atoms with Crippen LogP contribution >= 0.6 is 12.4 Å². The van der Waals surface area contributed by atoms with Crippen LogP contribution in [0.15, 0.2) is 36.5 Å². The van der Waals surface area contributed by atoms with Gasteiger partial charge in [-0.2, -0.15) is 0 Å². The lowest BCUT2D eigenvalue weighted by Crippen LogP contribution is -2.26. The van der Waals surface area contributed by atoms with E-state index in [2.05, 4.69) is 10.3 Å². The molecule has 1 aromatic heterocycles. The van der Waals surface area contributed by atoms with Gasteiger partial charge in [0.2, 0.25) is 0 Å². The van der Waals surface area contributed by atoms with Crippen molar-refractivity contribution >= 4 is 18.4 Å². The third kappa shape index (κ3) is 2.91. The molecule has 110 valence electrons.